The molecule has 0 spiro atoms. The van der Waals surface area contributed by atoms with Gasteiger partial charge in [0.15, 0.2) is 0 Å². The molecule has 2 aliphatic rings. The Morgan fingerprint density at radius 2 is 1.34 bits per heavy atom. The minimum Gasteiger partial charge on any atom is -0.550 e. The average molecular weight is 397 g/mol. The Morgan fingerprint density at radius 1 is 0.931 bits per heavy atom. The number of epoxide rings is 2. The van der Waals surface area contributed by atoms with Gasteiger partial charge < -0.3 is 28.8 Å². The lowest BCUT2D eigenvalue weighted by molar-refractivity contribution is -0.306. The molecule has 0 N–H and O–H groups in total. The predicted molar refractivity (Wildman–Crippen MR) is 104 cm³/mol. The standard InChI is InChI=1S/C23H26O6/c1-23(11-10-22(24)25,16-2-6-18(7-3-16)26-12-20-14-28-20)17-4-8-19(9-5-17)27-13-21-15-29-21/h2-9,20-21H,10-15H2,1H3,(H,24,25)/p-1. The highest BCUT2D eigenvalue weighted by Gasteiger charge is 2.29. The van der Waals surface area contributed by atoms with Crippen LogP contribution in [0.3, 0.4) is 0 Å². The molecular formula is C23H25O6-. The van der Waals surface area contributed by atoms with Gasteiger partial charge in [-0.3, -0.25) is 0 Å². The van der Waals surface area contributed by atoms with Gasteiger partial charge in [-0.25, -0.2) is 0 Å². The van der Waals surface area contributed by atoms with Crippen LogP contribution in [0.4, 0.5) is 0 Å². The van der Waals surface area contributed by atoms with E-state index in [4.69, 9.17) is 18.9 Å². The molecule has 0 bridgehead atoms. The van der Waals surface area contributed by atoms with Gasteiger partial charge in [-0.1, -0.05) is 31.2 Å². The summed E-state index contributed by atoms with van der Waals surface area (Å²) in [4.78, 5) is 11.2. The quantitative estimate of drug-likeness (QED) is 0.540. The number of carbonyl (C=O) groups excluding carboxylic acids is 1. The molecule has 2 fully saturated rings. The zero-order chi connectivity index (χ0) is 20.3. The molecule has 2 unspecified atom stereocenters. The summed E-state index contributed by atoms with van der Waals surface area (Å²) in [6, 6.07) is 15.6. The summed E-state index contributed by atoms with van der Waals surface area (Å²) in [7, 11) is 0. The van der Waals surface area contributed by atoms with Gasteiger partial charge >= 0.3 is 0 Å². The van der Waals surface area contributed by atoms with Gasteiger partial charge in [0.1, 0.15) is 36.9 Å². The van der Waals surface area contributed by atoms with Crippen LogP contribution < -0.4 is 14.6 Å². The lowest BCUT2D eigenvalue weighted by atomic mass is 9.73. The topological polar surface area (TPSA) is 83.7 Å². The lowest BCUT2D eigenvalue weighted by Gasteiger charge is -2.31. The predicted octanol–water partition coefficient (Wildman–Crippen LogP) is 2.08. The summed E-state index contributed by atoms with van der Waals surface area (Å²) in [5.41, 5.74) is 1.57. The lowest BCUT2D eigenvalue weighted by Crippen LogP contribution is -2.29. The zero-order valence-electron chi connectivity index (χ0n) is 16.5. The number of benzene rings is 2. The van der Waals surface area contributed by atoms with E-state index in [0.29, 0.717) is 19.6 Å². The SMILES string of the molecule is CC(CCC(=O)[O-])(c1ccc(OCC2CO2)cc1)c1ccc(OCC2CO2)cc1. The van der Waals surface area contributed by atoms with Crippen molar-refractivity contribution in [2.45, 2.75) is 37.4 Å². The van der Waals surface area contributed by atoms with E-state index in [9.17, 15) is 9.90 Å². The maximum absolute atomic E-state index is 11.2. The van der Waals surface area contributed by atoms with Gasteiger partial charge in [0.2, 0.25) is 0 Å². The minimum atomic E-state index is -1.05. The number of hydrogen-bond acceptors (Lipinski definition) is 6. The molecule has 0 radical (unpaired) electrons. The molecule has 6 nitrogen and oxygen atoms in total. The van der Waals surface area contributed by atoms with Crippen molar-refractivity contribution in [3.63, 3.8) is 0 Å². The van der Waals surface area contributed by atoms with E-state index in [2.05, 4.69) is 6.92 Å². The highest BCUT2D eigenvalue weighted by Crippen LogP contribution is 2.38. The molecule has 2 heterocycles. The molecule has 2 atom stereocenters. The highest BCUT2D eigenvalue weighted by atomic mass is 16.6. The van der Waals surface area contributed by atoms with E-state index in [1.54, 1.807) is 0 Å². The van der Waals surface area contributed by atoms with E-state index in [1.165, 1.54) is 0 Å². The van der Waals surface area contributed by atoms with E-state index in [0.717, 1.165) is 35.8 Å². The summed E-state index contributed by atoms with van der Waals surface area (Å²) >= 11 is 0. The van der Waals surface area contributed by atoms with E-state index >= 15 is 0 Å². The smallest absolute Gasteiger partial charge is 0.119 e. The first-order chi connectivity index (χ1) is 14.0. The molecule has 0 saturated carbocycles. The number of ether oxygens (including phenoxy) is 4. The Labute approximate surface area is 170 Å². The number of aliphatic carboxylic acids is 1. The molecule has 0 aromatic heterocycles. The van der Waals surface area contributed by atoms with Gasteiger partial charge in [0.25, 0.3) is 0 Å². The Balaban J connectivity index is 1.51. The van der Waals surface area contributed by atoms with Crippen molar-refractivity contribution in [3.05, 3.63) is 59.7 Å². The molecule has 2 aromatic rings. The third-order valence-electron chi connectivity index (χ3n) is 5.49. The molecule has 0 aliphatic carbocycles. The summed E-state index contributed by atoms with van der Waals surface area (Å²) in [6.45, 7) is 4.67. The number of rotatable bonds is 11. The van der Waals surface area contributed by atoms with E-state index < -0.39 is 11.4 Å². The normalized spacial score (nSPS) is 21.8. The van der Waals surface area contributed by atoms with Gasteiger partial charge in [-0.05, 0) is 48.2 Å². The highest BCUT2D eigenvalue weighted by molar-refractivity contribution is 5.64. The van der Waals surface area contributed by atoms with Crippen molar-refractivity contribution < 1.29 is 28.8 Å². The van der Waals surface area contributed by atoms with Crippen LogP contribution in [0.15, 0.2) is 48.5 Å². The number of carboxylic acids is 1. The Kier molecular flexibility index (Phi) is 5.74. The first-order valence-corrected chi connectivity index (χ1v) is 9.93. The average Bonchev–Trinajstić information content (AvgIpc) is 3.64. The monoisotopic (exact) mass is 397 g/mol. The molecule has 6 heteroatoms. The fraction of sp³-hybridized carbons (Fsp3) is 0.435. The summed E-state index contributed by atoms with van der Waals surface area (Å²) in [5.74, 6) is 0.500. The molecule has 4 rings (SSSR count). The summed E-state index contributed by atoms with van der Waals surface area (Å²) in [5, 5.41) is 11.2. The second-order valence-corrected chi connectivity index (χ2v) is 7.79. The Morgan fingerprint density at radius 3 is 1.69 bits per heavy atom. The van der Waals surface area contributed by atoms with E-state index in [1.807, 2.05) is 48.5 Å². The fourth-order valence-electron chi connectivity index (χ4n) is 3.35. The molecule has 2 aromatic carbocycles. The van der Waals surface area contributed by atoms with Crippen LogP contribution in [-0.2, 0) is 19.7 Å². The van der Waals surface area contributed by atoms with Gasteiger partial charge in [-0.15, -0.1) is 0 Å². The zero-order valence-corrected chi connectivity index (χ0v) is 16.5. The first kappa shape index (κ1) is 19.7. The van der Waals surface area contributed by atoms with Crippen LogP contribution in [-0.4, -0.2) is 44.6 Å². The van der Waals surface area contributed by atoms with Crippen molar-refractivity contribution in [1.82, 2.24) is 0 Å². The first-order valence-electron chi connectivity index (χ1n) is 9.93. The number of carboxylic acid groups (broad SMARTS) is 1. The fourth-order valence-corrected chi connectivity index (χ4v) is 3.35. The summed E-state index contributed by atoms with van der Waals surface area (Å²) < 4.78 is 21.7. The van der Waals surface area contributed by atoms with Gasteiger partial charge in [0, 0.05) is 11.4 Å². The molecule has 2 saturated heterocycles. The third-order valence-corrected chi connectivity index (χ3v) is 5.49. The Hall–Kier alpha value is -2.57. The van der Waals surface area contributed by atoms with Crippen LogP contribution in [0.1, 0.15) is 30.9 Å². The summed E-state index contributed by atoms with van der Waals surface area (Å²) in [6.07, 6.45) is 0.817. The molecule has 2 aliphatic heterocycles. The van der Waals surface area contributed by atoms with Crippen LogP contribution in [0.2, 0.25) is 0 Å². The van der Waals surface area contributed by atoms with Gasteiger partial charge in [0.05, 0.1) is 13.2 Å². The minimum absolute atomic E-state index is 0.0228. The molecule has 29 heavy (non-hydrogen) atoms. The van der Waals surface area contributed by atoms with Crippen molar-refractivity contribution in [1.29, 1.82) is 0 Å². The number of hydrogen-bond donors (Lipinski definition) is 0. The maximum Gasteiger partial charge on any atom is 0.119 e. The number of carbonyl (C=O) groups is 1. The maximum atomic E-state index is 11.2. The van der Waals surface area contributed by atoms with Crippen LogP contribution in [0, 0.1) is 0 Å². The van der Waals surface area contributed by atoms with Gasteiger partial charge in [-0.2, -0.15) is 0 Å². The third kappa shape index (κ3) is 5.28. The van der Waals surface area contributed by atoms with Crippen molar-refractivity contribution in [3.8, 4) is 11.5 Å². The van der Waals surface area contributed by atoms with Crippen molar-refractivity contribution in [2.24, 2.45) is 0 Å². The van der Waals surface area contributed by atoms with Crippen LogP contribution in [0.5, 0.6) is 11.5 Å². The molecule has 0 amide bonds. The van der Waals surface area contributed by atoms with Crippen molar-refractivity contribution in [2.75, 3.05) is 26.4 Å². The largest absolute Gasteiger partial charge is 0.550 e. The Bertz CT molecular complexity index is 762. The molecular weight excluding hydrogens is 372 g/mol. The van der Waals surface area contributed by atoms with Crippen LogP contribution >= 0.6 is 0 Å². The van der Waals surface area contributed by atoms with E-state index in [-0.39, 0.29) is 18.6 Å². The second kappa shape index (κ2) is 8.43. The van der Waals surface area contributed by atoms with Crippen molar-refractivity contribution >= 4 is 5.97 Å². The molecule has 154 valence electrons. The van der Waals surface area contributed by atoms with Crippen LogP contribution in [0.25, 0.3) is 0 Å². The second-order valence-electron chi connectivity index (χ2n) is 7.79.